The van der Waals surface area contributed by atoms with Crippen LogP contribution in [0.3, 0.4) is 0 Å². The van der Waals surface area contributed by atoms with Crippen molar-refractivity contribution < 1.29 is 14.3 Å². The minimum atomic E-state index is -0.551. The van der Waals surface area contributed by atoms with Gasteiger partial charge in [-0.2, -0.15) is 0 Å². The molecule has 0 aliphatic rings. The van der Waals surface area contributed by atoms with E-state index in [1.807, 2.05) is 0 Å². The lowest BCUT2D eigenvalue weighted by Crippen LogP contribution is -2.23. The van der Waals surface area contributed by atoms with Crippen molar-refractivity contribution in [1.29, 1.82) is 0 Å². The topological polar surface area (TPSA) is 35.5 Å². The third-order valence-electron chi connectivity index (χ3n) is 1.75. The molecule has 16 heavy (non-hydrogen) atoms. The summed E-state index contributed by atoms with van der Waals surface area (Å²) in [5.41, 5.74) is 0. The van der Waals surface area contributed by atoms with Gasteiger partial charge in [0.25, 0.3) is 0 Å². The molecule has 0 amide bonds. The molecule has 1 rings (SSSR count). The van der Waals surface area contributed by atoms with Gasteiger partial charge >= 0.3 is 5.97 Å². The number of esters is 1. The lowest BCUT2D eigenvalue weighted by atomic mass is 10.3. The van der Waals surface area contributed by atoms with E-state index in [-0.39, 0.29) is 6.61 Å². The zero-order chi connectivity index (χ0) is 12.1. The molecule has 1 aromatic rings. The van der Waals surface area contributed by atoms with E-state index >= 15 is 0 Å². The van der Waals surface area contributed by atoms with Crippen LogP contribution in [0, 0.1) is 0 Å². The molecule has 0 fully saturated rings. The van der Waals surface area contributed by atoms with Gasteiger partial charge in [-0.3, -0.25) is 4.79 Å². The molecule has 1 unspecified atom stereocenters. The zero-order valence-electron chi connectivity index (χ0n) is 8.38. The van der Waals surface area contributed by atoms with E-state index in [1.54, 1.807) is 18.2 Å². The van der Waals surface area contributed by atoms with Crippen LogP contribution in [-0.2, 0) is 9.53 Å². The maximum atomic E-state index is 11.1. The average Bonchev–Trinajstić information content (AvgIpc) is 2.27. The first-order valence-electron chi connectivity index (χ1n) is 4.35. The number of benzene rings is 1. The van der Waals surface area contributed by atoms with Crippen molar-refractivity contribution >= 4 is 45.1 Å². The Kier molecular flexibility index (Phi) is 5.38. The Bertz CT molecular complexity index is 364. The van der Waals surface area contributed by atoms with Crippen molar-refractivity contribution in [1.82, 2.24) is 0 Å². The second-order valence-corrected chi connectivity index (χ2v) is 4.77. The highest BCUT2D eigenvalue weighted by atomic mass is 79.9. The van der Waals surface area contributed by atoms with Crippen LogP contribution in [0.2, 0.25) is 10.0 Å². The van der Waals surface area contributed by atoms with Crippen molar-refractivity contribution in [2.75, 3.05) is 13.7 Å². The van der Waals surface area contributed by atoms with Crippen molar-refractivity contribution in [3.05, 3.63) is 28.2 Å². The molecule has 1 aromatic carbocycles. The van der Waals surface area contributed by atoms with Crippen LogP contribution < -0.4 is 4.74 Å². The van der Waals surface area contributed by atoms with Gasteiger partial charge in [-0.15, -0.1) is 0 Å². The summed E-state index contributed by atoms with van der Waals surface area (Å²) >= 11 is 14.9. The summed E-state index contributed by atoms with van der Waals surface area (Å²) in [5, 5.41) is 0.800. The molecule has 0 aromatic heterocycles. The Morgan fingerprint density at radius 2 is 2.00 bits per heavy atom. The van der Waals surface area contributed by atoms with Crippen LogP contribution in [-0.4, -0.2) is 24.5 Å². The third kappa shape index (κ3) is 3.54. The second-order valence-electron chi connectivity index (χ2n) is 2.85. The van der Waals surface area contributed by atoms with Crippen LogP contribution >= 0.6 is 39.1 Å². The Labute approximate surface area is 112 Å². The highest BCUT2D eigenvalue weighted by molar-refractivity contribution is 9.10. The van der Waals surface area contributed by atoms with E-state index in [2.05, 4.69) is 20.7 Å². The van der Waals surface area contributed by atoms with Gasteiger partial charge in [0, 0.05) is 0 Å². The second kappa shape index (κ2) is 6.33. The Morgan fingerprint density at radius 3 is 2.50 bits per heavy atom. The molecule has 0 aliphatic carbocycles. The molecule has 1 atom stereocenters. The molecular weight excluding hydrogens is 319 g/mol. The molecule has 0 N–H and O–H groups in total. The van der Waals surface area contributed by atoms with Gasteiger partial charge in [-0.1, -0.05) is 45.2 Å². The highest BCUT2D eigenvalue weighted by Gasteiger charge is 2.17. The number of hydrogen-bond donors (Lipinski definition) is 0. The molecule has 0 bridgehead atoms. The van der Waals surface area contributed by atoms with E-state index in [1.165, 1.54) is 7.11 Å². The predicted octanol–water partition coefficient (Wildman–Crippen LogP) is 3.31. The predicted molar refractivity (Wildman–Crippen MR) is 66.7 cm³/mol. The first-order chi connectivity index (χ1) is 7.56. The highest BCUT2D eigenvalue weighted by Crippen LogP contribution is 2.32. The fourth-order valence-corrected chi connectivity index (χ4v) is 1.80. The van der Waals surface area contributed by atoms with E-state index in [0.717, 1.165) is 0 Å². The average molecular weight is 328 g/mol. The van der Waals surface area contributed by atoms with E-state index < -0.39 is 10.8 Å². The van der Waals surface area contributed by atoms with Crippen LogP contribution in [0.1, 0.15) is 0 Å². The number of methoxy groups -OCH3 is 1. The van der Waals surface area contributed by atoms with Crippen molar-refractivity contribution in [2.45, 2.75) is 4.83 Å². The monoisotopic (exact) mass is 326 g/mol. The Morgan fingerprint density at radius 1 is 1.44 bits per heavy atom. The van der Waals surface area contributed by atoms with Gasteiger partial charge in [0.2, 0.25) is 0 Å². The van der Waals surface area contributed by atoms with Crippen molar-refractivity contribution in [3.63, 3.8) is 0 Å². The zero-order valence-corrected chi connectivity index (χ0v) is 11.5. The summed E-state index contributed by atoms with van der Waals surface area (Å²) in [4.78, 5) is 10.5. The van der Waals surface area contributed by atoms with Gasteiger partial charge in [-0.25, -0.2) is 0 Å². The fraction of sp³-hybridized carbons (Fsp3) is 0.300. The quantitative estimate of drug-likeness (QED) is 0.628. The number of carbonyl (C=O) groups is 1. The van der Waals surface area contributed by atoms with Gasteiger partial charge in [0.15, 0.2) is 5.75 Å². The molecule has 0 aliphatic heterocycles. The molecule has 6 heteroatoms. The smallest absolute Gasteiger partial charge is 0.322 e. The third-order valence-corrected chi connectivity index (χ3v) is 2.98. The SMILES string of the molecule is COC(=O)C(Br)COc1c(Cl)cccc1Cl. The molecule has 88 valence electrons. The van der Waals surface area contributed by atoms with Gasteiger partial charge in [0.1, 0.15) is 11.4 Å². The van der Waals surface area contributed by atoms with Crippen LogP contribution in [0.15, 0.2) is 18.2 Å². The first kappa shape index (κ1) is 13.6. The van der Waals surface area contributed by atoms with Gasteiger partial charge in [0.05, 0.1) is 17.2 Å². The van der Waals surface area contributed by atoms with E-state index in [9.17, 15) is 4.79 Å². The molecule has 0 saturated heterocycles. The van der Waals surface area contributed by atoms with E-state index in [4.69, 9.17) is 27.9 Å². The molecule has 3 nitrogen and oxygen atoms in total. The first-order valence-corrected chi connectivity index (χ1v) is 6.02. The Hall–Kier alpha value is -0.450. The van der Waals surface area contributed by atoms with Crippen LogP contribution in [0.4, 0.5) is 0 Å². The largest absolute Gasteiger partial charge is 0.489 e. The Balaban J connectivity index is 2.64. The molecule has 0 spiro atoms. The molecule has 0 heterocycles. The molecule has 0 saturated carbocycles. The number of carbonyl (C=O) groups excluding carboxylic acids is 1. The number of hydrogen-bond acceptors (Lipinski definition) is 3. The standard InChI is InChI=1S/C10H9BrCl2O3/c1-15-10(14)6(11)5-16-9-7(12)3-2-4-8(9)13/h2-4,6H,5H2,1H3. The maximum Gasteiger partial charge on any atom is 0.322 e. The van der Waals surface area contributed by atoms with Crippen molar-refractivity contribution in [3.8, 4) is 5.75 Å². The van der Waals surface area contributed by atoms with Crippen molar-refractivity contribution in [2.24, 2.45) is 0 Å². The number of para-hydroxylation sites is 1. The summed E-state index contributed by atoms with van der Waals surface area (Å²) in [6.45, 7) is 0.0934. The number of ether oxygens (including phenoxy) is 2. The van der Waals surface area contributed by atoms with E-state index in [0.29, 0.717) is 15.8 Å². The van der Waals surface area contributed by atoms with Gasteiger partial charge < -0.3 is 9.47 Å². The minimum Gasteiger partial charge on any atom is -0.489 e. The summed E-state index contributed by atoms with van der Waals surface area (Å²) in [5.74, 6) is -0.0534. The summed E-state index contributed by atoms with van der Waals surface area (Å²) < 4.78 is 9.87. The number of rotatable bonds is 4. The lowest BCUT2D eigenvalue weighted by molar-refractivity contribution is -0.140. The number of alkyl halides is 1. The fourth-order valence-electron chi connectivity index (χ4n) is 0.973. The summed E-state index contributed by atoms with van der Waals surface area (Å²) in [6, 6.07) is 5.03. The molecular formula is C10H9BrCl2O3. The lowest BCUT2D eigenvalue weighted by Gasteiger charge is -2.12. The molecule has 0 radical (unpaired) electrons. The minimum absolute atomic E-state index is 0.0934. The van der Waals surface area contributed by atoms with Crippen LogP contribution in [0.25, 0.3) is 0 Å². The normalized spacial score (nSPS) is 12.0. The number of halogens is 3. The maximum absolute atomic E-state index is 11.1. The van der Waals surface area contributed by atoms with Crippen LogP contribution in [0.5, 0.6) is 5.75 Å². The van der Waals surface area contributed by atoms with Gasteiger partial charge in [-0.05, 0) is 12.1 Å². The summed E-state index contributed by atoms with van der Waals surface area (Å²) in [6.07, 6.45) is 0. The summed E-state index contributed by atoms with van der Waals surface area (Å²) in [7, 11) is 1.30.